The van der Waals surface area contributed by atoms with Crippen molar-refractivity contribution in [2.45, 2.75) is 229 Å². The summed E-state index contributed by atoms with van der Waals surface area (Å²) >= 11 is 0. The first-order valence-electron chi connectivity index (χ1n) is 41.6. The lowest BCUT2D eigenvalue weighted by Crippen LogP contribution is -2.48. The monoisotopic (exact) mass is 2190 g/mol. The van der Waals surface area contributed by atoms with Gasteiger partial charge in [0, 0.05) is 82.1 Å². The molecule has 140 heavy (non-hydrogen) atoms. The fourth-order valence-corrected chi connectivity index (χ4v) is 16.9. The largest absolute Gasteiger partial charge is 0.756 e. The van der Waals surface area contributed by atoms with Crippen LogP contribution in [0, 0.1) is 47.3 Å². The van der Waals surface area contributed by atoms with Crippen LogP contribution in [0.2, 0.25) is 0 Å². The highest BCUT2D eigenvalue weighted by molar-refractivity contribution is 7.59. The lowest BCUT2D eigenvalue weighted by atomic mass is 9.64. The highest BCUT2D eigenvalue weighted by atomic mass is 31.3. The average Bonchev–Trinajstić information content (AvgIpc) is 1.57. The molecular formula is C73H141O60P7-6. The quantitative estimate of drug-likeness (QED) is 0.0117. The van der Waals surface area contributed by atoms with E-state index >= 15 is 0 Å². The molecule has 1 aliphatic carbocycles. The fraction of sp³-hybridized carbons (Fsp3) is 0.890. The van der Waals surface area contributed by atoms with Crippen molar-refractivity contribution in [3.05, 3.63) is 0 Å². The van der Waals surface area contributed by atoms with Crippen LogP contribution < -0.4 is 29.4 Å². The highest BCUT2D eigenvalue weighted by Gasteiger charge is 2.48. The van der Waals surface area contributed by atoms with Gasteiger partial charge in [-0.3, -0.25) is 70.3 Å². The zero-order valence-corrected chi connectivity index (χ0v) is 85.6. The summed E-state index contributed by atoms with van der Waals surface area (Å²) < 4.78 is 189. The van der Waals surface area contributed by atoms with Crippen LogP contribution in [0.1, 0.15) is 131 Å². The molecule has 60 nitrogen and oxygen atoms in total. The van der Waals surface area contributed by atoms with Gasteiger partial charge in [0.2, 0.25) is 0 Å². The van der Waals surface area contributed by atoms with Crippen LogP contribution in [0.4, 0.5) is 0 Å². The second-order valence-electron chi connectivity index (χ2n) is 31.3. The van der Waals surface area contributed by atoms with Gasteiger partial charge in [-0.15, -0.1) is 0 Å². The molecule has 3 rings (SSSR count). The van der Waals surface area contributed by atoms with E-state index in [9.17, 15) is 130 Å². The first-order chi connectivity index (χ1) is 63.2. The summed E-state index contributed by atoms with van der Waals surface area (Å²) in [6.45, 7) is 17.2. The molecule has 2 aliphatic heterocycles. The zero-order chi connectivity index (χ0) is 107. The van der Waals surface area contributed by atoms with Gasteiger partial charge < -0.3 is 213 Å². The number of carbonyl (C=O) groups is 8. The van der Waals surface area contributed by atoms with Crippen LogP contribution in [0.25, 0.3) is 0 Å². The first-order valence-corrected chi connectivity index (χ1v) is 52.1. The Morgan fingerprint density at radius 2 is 0.743 bits per heavy atom. The summed E-state index contributed by atoms with van der Waals surface area (Å²) in [6.07, 6.45) is -18.1. The van der Waals surface area contributed by atoms with Gasteiger partial charge in [-0.25, -0.2) is 4.31 Å². The van der Waals surface area contributed by atoms with Crippen molar-refractivity contribution in [2.24, 2.45) is 47.3 Å². The van der Waals surface area contributed by atoms with Crippen molar-refractivity contribution < 1.29 is 288 Å². The van der Waals surface area contributed by atoms with Crippen molar-refractivity contribution >= 4 is 102 Å². The Balaban J connectivity index is -0.000000598. The molecule has 834 valence electrons. The number of methoxy groups -OCH3 is 1. The fourth-order valence-electron chi connectivity index (χ4n) is 11.6. The SMILES string of the molecule is C.CC(=O)OCC(COP(=O)([O-])O)OC(C)=O.CC(=O)OCC(COP(=O)([O-])OCC(O)O)OC(C)=O.CC(=O)OCC(COP(=O)([O-])OP(=O)([O-])OCCC1OC(C)(C)C(O)C1O)OC(C)=O.COC(O)C(O)COP(=O)([O-])OCC(O)CP(=O)(O)OCC1OC(COCC2CC(COCC(COC(C)=O)OC(C)=O)C(C)C(C)C2C)C(C)C(C)C1C.O.O=P([O-])(O)OCC(O)CO.OCC(O)CO. The molecule has 0 spiro atoms. The number of phosphoric acid groups is 6. The van der Waals surface area contributed by atoms with Crippen molar-refractivity contribution in [2.75, 3.05) is 145 Å². The molecule has 0 aromatic carbocycles. The Morgan fingerprint density at radius 3 is 1.11 bits per heavy atom. The van der Waals surface area contributed by atoms with E-state index in [4.69, 9.17) is 83.2 Å². The molecule has 28 atom stereocenters. The van der Waals surface area contributed by atoms with Gasteiger partial charge in [0.15, 0.2) is 37.0 Å². The molecule has 1 saturated carbocycles. The third-order valence-corrected chi connectivity index (χ3v) is 25.9. The van der Waals surface area contributed by atoms with E-state index in [-0.39, 0.29) is 94.7 Å². The van der Waals surface area contributed by atoms with E-state index in [1.54, 1.807) is 0 Å². The maximum Gasteiger partial charge on any atom is 0.330 e. The van der Waals surface area contributed by atoms with Gasteiger partial charge in [0.25, 0.3) is 46.9 Å². The Hall–Kier alpha value is -4.11. The van der Waals surface area contributed by atoms with E-state index in [1.165, 1.54) is 27.7 Å². The molecular weight excluding hydrogens is 2050 g/mol. The van der Waals surface area contributed by atoms with E-state index in [2.05, 4.69) is 104 Å². The molecule has 2 saturated heterocycles. The number of ether oxygens (including phenoxy) is 13. The predicted octanol–water partition coefficient (Wildman–Crippen LogP) is -5.91. The third kappa shape index (κ3) is 72.3. The summed E-state index contributed by atoms with van der Waals surface area (Å²) in [5.41, 5.74) is -1.06. The minimum Gasteiger partial charge on any atom is -0.756 e. The number of aliphatic hydroxyl groups is 12. The van der Waals surface area contributed by atoms with Crippen LogP contribution in [-0.2, 0) is 177 Å². The van der Waals surface area contributed by atoms with Crippen LogP contribution in [-0.4, -0.2) is 372 Å². The standard InChI is InChI=1S/C35H66O18P2.C15H28O14P2.C9H17O10P.C7H13O8P.C3H9O6P.C3H8O3.CH4.H2O/c1-20-22(3)28(11-46-14-31(52-27(8)37)15-48-26(7)36)10-29(23(20)4)12-47-17-33-24(5)21(2)25(6)34(53-33)18-49-54(41,42)19-30(38)13-50-55(43,44)51-16-32(39)35(40)45-9;1-9(16)24-7-11(27-10(2)17)8-26-31(22,23)29-30(20,21)25-6-5-12-13(18)14(19)15(3,4)28-12;1-6(10)16-3-8(19-7(2)11)4-17-20(14,15)18-5-9(12)13;1-5(8)13-3-7(15-6(2)9)4-14-16(10,11)12;4-1-3(5)2-9-10(6,7)8;4-1-3(6)2-5;;/h20-25,28-35,38-40H,10-19H2,1-9H3,(H,41,42)(H,43,44);11-14,18-19H,5-8H2,1-4H3,(H,20,21)(H,22,23);8-9,12-13H,3-5H2,1-2H3,(H,14,15);7H,3-4H2,1-2H3,(H2,10,11,12);3-5H,1-2H2,(H2,6,7,8);3-6H,1-2H2;1H4;1H2/p-6. The summed E-state index contributed by atoms with van der Waals surface area (Å²) in [5, 5.41) is 106. The van der Waals surface area contributed by atoms with Gasteiger partial charge in [-0.05, 0) is 67.6 Å². The minimum atomic E-state index is -5.47. The average molecular weight is 2200 g/mol. The van der Waals surface area contributed by atoms with E-state index in [1.807, 2.05) is 6.92 Å². The van der Waals surface area contributed by atoms with Gasteiger partial charge in [-0.2, -0.15) is 0 Å². The van der Waals surface area contributed by atoms with E-state index < -0.39 is 273 Å². The van der Waals surface area contributed by atoms with Crippen molar-refractivity contribution in [1.29, 1.82) is 0 Å². The topological polar surface area (TPSA) is 942 Å². The van der Waals surface area contributed by atoms with Gasteiger partial charge in [0.05, 0.1) is 122 Å². The maximum absolute atomic E-state index is 12.8. The van der Waals surface area contributed by atoms with Gasteiger partial charge in [0.1, 0.15) is 63.6 Å². The smallest absolute Gasteiger partial charge is 0.330 e. The second-order valence-corrected chi connectivity index (χ2v) is 41.4. The molecule has 0 aromatic heterocycles. The number of hydrogen-bond donors (Lipinski definition) is 15. The molecule has 0 radical (unpaired) electrons. The molecule has 2 heterocycles. The Labute approximate surface area is 808 Å². The molecule has 67 heteroatoms. The molecule has 28 unspecified atom stereocenters. The number of hydrogen-bond acceptors (Lipinski definition) is 56. The Morgan fingerprint density at radius 1 is 0.400 bits per heavy atom. The van der Waals surface area contributed by atoms with Crippen LogP contribution in [0.15, 0.2) is 0 Å². The Kier molecular flexibility index (Phi) is 74.5. The molecule has 17 N–H and O–H groups in total. The zero-order valence-electron chi connectivity index (χ0n) is 79.3. The van der Waals surface area contributed by atoms with E-state index in [0.717, 1.165) is 55.1 Å². The minimum absolute atomic E-state index is 0. The van der Waals surface area contributed by atoms with E-state index in [0.29, 0.717) is 37.6 Å². The summed E-state index contributed by atoms with van der Waals surface area (Å²) in [6, 6.07) is 0. The third-order valence-electron chi connectivity index (χ3n) is 19.1. The lowest BCUT2D eigenvalue weighted by Gasteiger charge is -2.45. The van der Waals surface area contributed by atoms with Crippen LogP contribution in [0.3, 0.4) is 0 Å². The van der Waals surface area contributed by atoms with Gasteiger partial charge >= 0.3 is 55.4 Å². The highest BCUT2D eigenvalue weighted by Crippen LogP contribution is 2.56. The number of aliphatic hydroxyl groups excluding tert-OH is 11. The molecule has 0 bridgehead atoms. The van der Waals surface area contributed by atoms with Crippen LogP contribution >= 0.6 is 54.5 Å². The molecule has 3 fully saturated rings. The maximum atomic E-state index is 12.8. The first kappa shape index (κ1) is 144. The normalized spacial score (nSPS) is 25.0. The summed E-state index contributed by atoms with van der Waals surface area (Å²) in [5.74, 6) is -3.38. The lowest BCUT2D eigenvalue weighted by molar-refractivity contribution is -0.246. The summed E-state index contributed by atoms with van der Waals surface area (Å²) in [4.78, 5) is 180. The van der Waals surface area contributed by atoms with Gasteiger partial charge in [-0.1, -0.05) is 49.0 Å². The van der Waals surface area contributed by atoms with Crippen molar-refractivity contribution in [3.63, 3.8) is 0 Å². The molecule has 0 aromatic rings. The number of carbonyl (C=O) groups excluding carboxylic acids is 8. The Bertz CT molecular complexity index is 3850. The number of rotatable bonds is 57. The number of phosphoric ester groups is 6. The predicted molar refractivity (Wildman–Crippen MR) is 458 cm³/mol. The molecule has 3 aliphatic rings. The van der Waals surface area contributed by atoms with Crippen molar-refractivity contribution in [1.82, 2.24) is 0 Å². The van der Waals surface area contributed by atoms with Crippen molar-refractivity contribution in [3.8, 4) is 0 Å². The molecule has 0 amide bonds. The number of esters is 8. The van der Waals surface area contributed by atoms with Crippen LogP contribution in [0.5, 0.6) is 0 Å². The summed E-state index contributed by atoms with van der Waals surface area (Å²) in [7, 11) is -33.7. The second kappa shape index (κ2) is 72.3.